The molecule has 0 saturated carbocycles. The van der Waals surface area contributed by atoms with Crippen molar-refractivity contribution < 1.29 is 17.9 Å². The van der Waals surface area contributed by atoms with Gasteiger partial charge in [-0.3, -0.25) is 4.79 Å². The Labute approximate surface area is 129 Å². The highest BCUT2D eigenvalue weighted by Crippen LogP contribution is 2.23. The molecule has 0 unspecified atom stereocenters. The predicted octanol–water partition coefficient (Wildman–Crippen LogP) is 1.86. The smallest absolute Gasteiger partial charge is 0.259 e. The van der Waals surface area contributed by atoms with E-state index in [9.17, 15) is 13.2 Å². The van der Waals surface area contributed by atoms with E-state index < -0.39 is 15.9 Å². The van der Waals surface area contributed by atoms with Crippen LogP contribution in [0.1, 0.15) is 10.4 Å². The van der Waals surface area contributed by atoms with Crippen LogP contribution in [0.15, 0.2) is 53.4 Å². The monoisotopic (exact) mass is 320 g/mol. The molecule has 0 atom stereocenters. The summed E-state index contributed by atoms with van der Waals surface area (Å²) in [5, 5.41) is 2.70. The Hall–Kier alpha value is -2.38. The Balaban J connectivity index is 2.40. The highest BCUT2D eigenvalue weighted by molar-refractivity contribution is 7.89. The molecule has 22 heavy (non-hydrogen) atoms. The van der Waals surface area contributed by atoms with Gasteiger partial charge in [0.25, 0.3) is 5.91 Å². The number of sulfonamides is 1. The average molecular weight is 320 g/mol. The van der Waals surface area contributed by atoms with Crippen LogP contribution < -0.4 is 14.8 Å². The molecule has 0 aromatic heterocycles. The van der Waals surface area contributed by atoms with E-state index in [1.165, 1.54) is 32.4 Å². The van der Waals surface area contributed by atoms with Crippen molar-refractivity contribution in [1.29, 1.82) is 0 Å². The lowest BCUT2D eigenvalue weighted by Gasteiger charge is -2.11. The zero-order valence-electron chi connectivity index (χ0n) is 12.2. The lowest BCUT2D eigenvalue weighted by molar-refractivity contribution is 0.102. The lowest BCUT2D eigenvalue weighted by atomic mass is 10.2. The number of benzene rings is 2. The third kappa shape index (κ3) is 3.44. The van der Waals surface area contributed by atoms with Gasteiger partial charge in [0.05, 0.1) is 17.6 Å². The molecule has 0 radical (unpaired) electrons. The molecule has 2 aromatic carbocycles. The van der Waals surface area contributed by atoms with Crippen LogP contribution in [0.3, 0.4) is 0 Å². The van der Waals surface area contributed by atoms with Crippen LogP contribution in [0.5, 0.6) is 5.75 Å². The molecule has 2 rings (SSSR count). The number of methoxy groups -OCH3 is 1. The molecule has 116 valence electrons. The summed E-state index contributed by atoms with van der Waals surface area (Å²) in [6.45, 7) is 0. The summed E-state index contributed by atoms with van der Waals surface area (Å²) in [7, 11) is -0.911. The largest absolute Gasteiger partial charge is 0.496 e. The van der Waals surface area contributed by atoms with Gasteiger partial charge < -0.3 is 10.1 Å². The van der Waals surface area contributed by atoms with Gasteiger partial charge in [0.1, 0.15) is 5.75 Å². The molecule has 0 spiro atoms. The molecule has 7 heteroatoms. The van der Waals surface area contributed by atoms with Crippen molar-refractivity contribution in [3.63, 3.8) is 0 Å². The van der Waals surface area contributed by atoms with Crippen LogP contribution in [0.25, 0.3) is 0 Å². The molecule has 0 heterocycles. The molecule has 0 saturated heterocycles. The first-order chi connectivity index (χ1) is 10.5. The van der Waals surface area contributed by atoms with Crippen molar-refractivity contribution in [2.75, 3.05) is 19.5 Å². The highest BCUT2D eigenvalue weighted by atomic mass is 32.2. The van der Waals surface area contributed by atoms with E-state index in [1.807, 2.05) is 6.07 Å². The summed E-state index contributed by atoms with van der Waals surface area (Å²) in [4.78, 5) is 12.3. The number of ether oxygens (including phenoxy) is 1. The molecule has 2 N–H and O–H groups in total. The lowest BCUT2D eigenvalue weighted by Crippen LogP contribution is -2.20. The summed E-state index contributed by atoms with van der Waals surface area (Å²) in [6.07, 6.45) is 0. The van der Waals surface area contributed by atoms with Gasteiger partial charge in [0, 0.05) is 5.69 Å². The fourth-order valence-electron chi connectivity index (χ4n) is 1.87. The van der Waals surface area contributed by atoms with Crippen LogP contribution in [0.4, 0.5) is 5.69 Å². The van der Waals surface area contributed by atoms with E-state index in [-0.39, 0.29) is 10.5 Å². The standard InChI is InChI=1S/C15H16N2O4S/c1-16-22(19,20)12-8-9-14(21-2)13(10-12)15(18)17-11-6-4-3-5-7-11/h3-10,16H,1-2H3,(H,17,18). The van der Waals surface area contributed by atoms with Gasteiger partial charge in [0.2, 0.25) is 10.0 Å². The first-order valence-corrected chi connectivity index (χ1v) is 7.94. The zero-order chi connectivity index (χ0) is 16.2. The van der Waals surface area contributed by atoms with Crippen LogP contribution in [-0.2, 0) is 10.0 Å². The summed E-state index contributed by atoms with van der Waals surface area (Å²) >= 11 is 0. The fraction of sp³-hybridized carbons (Fsp3) is 0.133. The van der Waals surface area contributed by atoms with Gasteiger partial charge >= 0.3 is 0 Å². The average Bonchev–Trinajstić information content (AvgIpc) is 2.55. The van der Waals surface area contributed by atoms with Crippen LogP contribution in [0.2, 0.25) is 0 Å². The van der Waals surface area contributed by atoms with Crippen molar-refractivity contribution >= 4 is 21.6 Å². The maximum Gasteiger partial charge on any atom is 0.259 e. The molecule has 6 nitrogen and oxygen atoms in total. The molecule has 0 fully saturated rings. The maximum absolute atomic E-state index is 12.4. The van der Waals surface area contributed by atoms with Crippen LogP contribution >= 0.6 is 0 Å². The molecule has 1 amide bonds. The number of rotatable bonds is 5. The Morgan fingerprint density at radius 2 is 1.77 bits per heavy atom. The second-order valence-corrected chi connectivity index (χ2v) is 6.28. The van der Waals surface area contributed by atoms with E-state index in [2.05, 4.69) is 10.0 Å². The Morgan fingerprint density at radius 3 is 2.36 bits per heavy atom. The van der Waals surface area contributed by atoms with E-state index in [1.54, 1.807) is 24.3 Å². The number of nitrogens with one attached hydrogen (secondary N) is 2. The third-order valence-corrected chi connectivity index (χ3v) is 4.44. The van der Waals surface area contributed by atoms with E-state index in [0.29, 0.717) is 11.4 Å². The molecular formula is C15H16N2O4S. The zero-order valence-corrected chi connectivity index (χ0v) is 13.0. The van der Waals surface area contributed by atoms with Crippen molar-refractivity contribution in [1.82, 2.24) is 4.72 Å². The van der Waals surface area contributed by atoms with E-state index in [4.69, 9.17) is 4.74 Å². The molecule has 0 aliphatic carbocycles. The van der Waals surface area contributed by atoms with E-state index in [0.717, 1.165) is 0 Å². The van der Waals surface area contributed by atoms with Gasteiger partial charge in [-0.25, -0.2) is 13.1 Å². The second kappa shape index (κ2) is 6.59. The van der Waals surface area contributed by atoms with Gasteiger partial charge in [-0.15, -0.1) is 0 Å². The summed E-state index contributed by atoms with van der Waals surface area (Å²) in [5.41, 5.74) is 0.749. The topological polar surface area (TPSA) is 84.5 Å². The number of anilines is 1. The third-order valence-electron chi connectivity index (χ3n) is 3.03. The van der Waals surface area contributed by atoms with Crippen LogP contribution in [-0.4, -0.2) is 28.5 Å². The van der Waals surface area contributed by atoms with Gasteiger partial charge in [-0.1, -0.05) is 18.2 Å². The fourth-order valence-corrected chi connectivity index (χ4v) is 2.63. The molecule has 0 bridgehead atoms. The van der Waals surface area contributed by atoms with Crippen molar-refractivity contribution in [3.8, 4) is 5.75 Å². The van der Waals surface area contributed by atoms with Gasteiger partial charge in [-0.05, 0) is 37.4 Å². The molecule has 2 aromatic rings. The van der Waals surface area contributed by atoms with Crippen LogP contribution in [0, 0.1) is 0 Å². The minimum Gasteiger partial charge on any atom is -0.496 e. The maximum atomic E-state index is 12.4. The number of carbonyl (C=O) groups excluding carboxylic acids is 1. The van der Waals surface area contributed by atoms with Gasteiger partial charge in [0.15, 0.2) is 0 Å². The SMILES string of the molecule is CNS(=O)(=O)c1ccc(OC)c(C(=O)Nc2ccccc2)c1. The Morgan fingerprint density at radius 1 is 1.09 bits per heavy atom. The molecular weight excluding hydrogens is 304 g/mol. The number of amides is 1. The normalized spacial score (nSPS) is 11.0. The summed E-state index contributed by atoms with van der Waals surface area (Å²) in [5.74, 6) is -0.153. The quantitative estimate of drug-likeness (QED) is 0.880. The predicted molar refractivity (Wildman–Crippen MR) is 83.6 cm³/mol. The van der Waals surface area contributed by atoms with E-state index >= 15 is 0 Å². The summed E-state index contributed by atoms with van der Waals surface area (Å²) in [6, 6.07) is 13.0. The summed E-state index contributed by atoms with van der Waals surface area (Å²) < 4.78 is 31.0. The first kappa shape index (κ1) is 16.0. The highest BCUT2D eigenvalue weighted by Gasteiger charge is 2.18. The molecule has 0 aliphatic heterocycles. The number of carbonyl (C=O) groups is 1. The number of hydrogen-bond acceptors (Lipinski definition) is 4. The number of hydrogen-bond donors (Lipinski definition) is 2. The number of para-hydroxylation sites is 1. The van der Waals surface area contributed by atoms with Crippen molar-refractivity contribution in [3.05, 3.63) is 54.1 Å². The minimum absolute atomic E-state index is 0.00554. The molecule has 0 aliphatic rings. The second-order valence-electron chi connectivity index (χ2n) is 4.39. The Bertz CT molecular complexity index is 773. The van der Waals surface area contributed by atoms with Gasteiger partial charge in [-0.2, -0.15) is 0 Å². The minimum atomic E-state index is -3.64. The Kier molecular flexibility index (Phi) is 4.79. The first-order valence-electron chi connectivity index (χ1n) is 6.46. The van der Waals surface area contributed by atoms with Crippen molar-refractivity contribution in [2.45, 2.75) is 4.90 Å². The van der Waals surface area contributed by atoms with Crippen molar-refractivity contribution in [2.24, 2.45) is 0 Å².